The van der Waals surface area contributed by atoms with Crippen LogP contribution >= 0.6 is 15.9 Å². The van der Waals surface area contributed by atoms with Crippen molar-refractivity contribution in [2.24, 2.45) is 5.73 Å². The van der Waals surface area contributed by atoms with Crippen LogP contribution in [0.25, 0.3) is 0 Å². The maximum atomic E-state index is 13.0. The molecule has 0 fully saturated rings. The first-order valence-corrected chi connectivity index (χ1v) is 10.6. The highest BCUT2D eigenvalue weighted by Crippen LogP contribution is 2.24. The highest BCUT2D eigenvalue weighted by molar-refractivity contribution is 9.10. The van der Waals surface area contributed by atoms with Crippen molar-refractivity contribution >= 4 is 31.9 Å². The number of sulfonamides is 1. The van der Waals surface area contributed by atoms with Crippen LogP contribution in [0.3, 0.4) is 0 Å². The Morgan fingerprint density at radius 2 is 1.80 bits per heavy atom. The zero-order valence-electron chi connectivity index (χ0n) is 14.9. The van der Waals surface area contributed by atoms with Crippen LogP contribution in [0.2, 0.25) is 0 Å². The van der Waals surface area contributed by atoms with E-state index in [1.165, 1.54) is 12.1 Å². The molecule has 1 unspecified atom stereocenters. The summed E-state index contributed by atoms with van der Waals surface area (Å²) in [6.07, 6.45) is 2.19. The lowest BCUT2D eigenvalue weighted by atomic mass is 10.2. The van der Waals surface area contributed by atoms with Gasteiger partial charge in [-0.2, -0.15) is 4.31 Å². The third-order valence-electron chi connectivity index (χ3n) is 3.29. The zero-order valence-corrected chi connectivity index (χ0v) is 17.3. The van der Waals surface area contributed by atoms with Gasteiger partial charge in [-0.25, -0.2) is 13.2 Å². The molecule has 0 aliphatic carbocycles. The van der Waals surface area contributed by atoms with Crippen molar-refractivity contribution in [3.8, 4) is 0 Å². The van der Waals surface area contributed by atoms with Crippen LogP contribution in [-0.4, -0.2) is 42.3 Å². The van der Waals surface area contributed by atoms with Crippen molar-refractivity contribution in [1.82, 2.24) is 4.31 Å². The molecule has 25 heavy (non-hydrogen) atoms. The molecule has 2 N–H and O–H groups in total. The van der Waals surface area contributed by atoms with E-state index in [0.29, 0.717) is 13.0 Å². The summed E-state index contributed by atoms with van der Waals surface area (Å²) >= 11 is 3.21. The van der Waals surface area contributed by atoms with Crippen LogP contribution in [0, 0.1) is 0 Å². The number of hydrogen-bond donors (Lipinski definition) is 1. The van der Waals surface area contributed by atoms with E-state index in [0.717, 1.165) is 17.1 Å². The fourth-order valence-electron chi connectivity index (χ4n) is 2.14. The summed E-state index contributed by atoms with van der Waals surface area (Å²) in [6, 6.07) is 8.06. The molecule has 0 aromatic heterocycles. The zero-order chi connectivity index (χ0) is 19.1. The molecule has 0 aliphatic heterocycles. The van der Waals surface area contributed by atoms with Crippen LogP contribution in [-0.2, 0) is 19.6 Å². The number of unbranched alkanes of at least 4 members (excludes halogenated alkanes) is 2. The van der Waals surface area contributed by atoms with E-state index in [9.17, 15) is 13.2 Å². The van der Waals surface area contributed by atoms with Crippen molar-refractivity contribution in [2.45, 2.75) is 55.5 Å². The Bertz CT molecular complexity index is 644. The van der Waals surface area contributed by atoms with Gasteiger partial charge in [-0.3, -0.25) is 0 Å². The lowest BCUT2D eigenvalue weighted by Gasteiger charge is -2.28. The molecule has 1 aromatic carbocycles. The Labute approximate surface area is 158 Å². The lowest BCUT2D eigenvalue weighted by molar-refractivity contribution is -0.156. The first-order chi connectivity index (χ1) is 11.6. The molecular formula is C17H27BrN2O4S. The summed E-state index contributed by atoms with van der Waals surface area (Å²) in [5.74, 6) is -0.633. The van der Waals surface area contributed by atoms with Crippen molar-refractivity contribution in [3.63, 3.8) is 0 Å². The van der Waals surface area contributed by atoms with Gasteiger partial charge in [0, 0.05) is 6.54 Å². The fourth-order valence-corrected chi connectivity index (χ4v) is 4.57. The fraction of sp³-hybridized carbons (Fsp3) is 0.588. The second-order valence-electron chi connectivity index (χ2n) is 6.65. The molecule has 142 valence electrons. The number of benzene rings is 1. The molecule has 0 aliphatic rings. The van der Waals surface area contributed by atoms with Crippen LogP contribution < -0.4 is 5.73 Å². The highest BCUT2D eigenvalue weighted by atomic mass is 79.9. The van der Waals surface area contributed by atoms with Gasteiger partial charge in [-0.1, -0.05) is 40.5 Å². The number of nitrogens with zero attached hydrogens (tertiary/aromatic N) is 1. The third kappa shape index (κ3) is 7.05. The Morgan fingerprint density at radius 3 is 2.32 bits per heavy atom. The van der Waals surface area contributed by atoms with E-state index in [4.69, 9.17) is 10.5 Å². The van der Waals surface area contributed by atoms with Crippen LogP contribution in [0.15, 0.2) is 35.2 Å². The largest absolute Gasteiger partial charge is 0.458 e. The van der Waals surface area contributed by atoms with Gasteiger partial charge in [-0.15, -0.1) is 0 Å². The average molecular weight is 435 g/mol. The van der Waals surface area contributed by atoms with E-state index in [1.54, 1.807) is 39.0 Å². The number of carbonyl (C=O) groups is 1. The molecule has 0 radical (unpaired) electrons. The molecule has 0 saturated carbocycles. The van der Waals surface area contributed by atoms with E-state index >= 15 is 0 Å². The Hall–Kier alpha value is -0.960. The second kappa shape index (κ2) is 9.66. The molecule has 0 saturated heterocycles. The molecule has 0 bridgehead atoms. The maximum Gasteiger partial charge on any atom is 0.336 e. The summed E-state index contributed by atoms with van der Waals surface area (Å²) in [6.45, 7) is 5.97. The molecule has 1 rings (SSSR count). The number of esters is 1. The van der Waals surface area contributed by atoms with Crippen LogP contribution in [0.5, 0.6) is 0 Å². The SMILES string of the molecule is CC(C)(C)OC(=O)C(Br)N(CCCCCN)S(=O)(=O)c1ccccc1. The summed E-state index contributed by atoms with van der Waals surface area (Å²) in [5, 5.41) is 0. The predicted molar refractivity (Wildman–Crippen MR) is 102 cm³/mol. The molecule has 8 heteroatoms. The minimum atomic E-state index is -3.83. The molecular weight excluding hydrogens is 408 g/mol. The quantitative estimate of drug-likeness (QED) is 0.279. The topological polar surface area (TPSA) is 89.7 Å². The Morgan fingerprint density at radius 1 is 1.20 bits per heavy atom. The second-order valence-corrected chi connectivity index (χ2v) is 9.41. The minimum absolute atomic E-state index is 0.141. The first kappa shape index (κ1) is 22.1. The van der Waals surface area contributed by atoms with Gasteiger partial charge in [0.2, 0.25) is 10.0 Å². The van der Waals surface area contributed by atoms with Crippen molar-refractivity contribution in [3.05, 3.63) is 30.3 Å². The molecule has 0 heterocycles. The number of carbonyl (C=O) groups excluding carboxylic acids is 1. The van der Waals surface area contributed by atoms with Gasteiger partial charge >= 0.3 is 5.97 Å². The summed E-state index contributed by atoms with van der Waals surface area (Å²) in [5.41, 5.74) is 4.78. The van der Waals surface area contributed by atoms with Gasteiger partial charge in [0.25, 0.3) is 0 Å². The standard InChI is InChI=1S/C17H27BrN2O4S/c1-17(2,3)24-16(21)15(18)20(13-9-5-8-12-19)25(22,23)14-10-6-4-7-11-14/h4,6-7,10-11,15H,5,8-9,12-13,19H2,1-3H3. The van der Waals surface area contributed by atoms with Crippen molar-refractivity contribution in [2.75, 3.05) is 13.1 Å². The summed E-state index contributed by atoms with van der Waals surface area (Å²) in [4.78, 5) is 11.4. The highest BCUT2D eigenvalue weighted by Gasteiger charge is 2.36. The molecule has 1 atom stereocenters. The Balaban J connectivity index is 3.05. The molecule has 0 spiro atoms. The van der Waals surface area contributed by atoms with Gasteiger partial charge in [0.05, 0.1) is 4.90 Å². The van der Waals surface area contributed by atoms with Gasteiger partial charge in [-0.05, 0) is 52.3 Å². The van der Waals surface area contributed by atoms with Gasteiger partial charge in [0.1, 0.15) is 5.60 Å². The van der Waals surface area contributed by atoms with Crippen molar-refractivity contribution in [1.29, 1.82) is 0 Å². The summed E-state index contributed by atoms with van der Waals surface area (Å²) < 4.78 is 32.4. The van der Waals surface area contributed by atoms with Gasteiger partial charge < -0.3 is 10.5 Å². The number of ether oxygens (including phenoxy) is 1. The molecule has 0 amide bonds. The van der Waals surface area contributed by atoms with E-state index in [2.05, 4.69) is 15.9 Å². The third-order valence-corrected chi connectivity index (χ3v) is 6.30. The Kier molecular flexibility index (Phi) is 8.53. The number of halogens is 1. The lowest BCUT2D eigenvalue weighted by Crippen LogP contribution is -2.44. The van der Waals surface area contributed by atoms with E-state index in [1.807, 2.05) is 0 Å². The van der Waals surface area contributed by atoms with Crippen LogP contribution in [0.4, 0.5) is 0 Å². The number of rotatable bonds is 9. The number of nitrogens with two attached hydrogens (primary N) is 1. The normalized spacial score (nSPS) is 13.7. The number of hydrogen-bond acceptors (Lipinski definition) is 5. The van der Waals surface area contributed by atoms with Crippen LogP contribution in [0.1, 0.15) is 40.0 Å². The van der Waals surface area contributed by atoms with E-state index in [-0.39, 0.29) is 11.4 Å². The number of alkyl halides is 1. The average Bonchev–Trinajstić information content (AvgIpc) is 2.53. The monoisotopic (exact) mass is 434 g/mol. The maximum absolute atomic E-state index is 13.0. The molecule has 6 nitrogen and oxygen atoms in total. The molecule has 1 aromatic rings. The minimum Gasteiger partial charge on any atom is -0.458 e. The predicted octanol–water partition coefficient (Wildman–Crippen LogP) is 2.87. The summed E-state index contributed by atoms with van der Waals surface area (Å²) in [7, 11) is -3.83. The van der Waals surface area contributed by atoms with Crippen molar-refractivity contribution < 1.29 is 17.9 Å². The van der Waals surface area contributed by atoms with Gasteiger partial charge in [0.15, 0.2) is 4.95 Å². The smallest absolute Gasteiger partial charge is 0.336 e. The first-order valence-electron chi connectivity index (χ1n) is 8.23. The van der Waals surface area contributed by atoms with E-state index < -0.39 is 26.5 Å².